The average molecular weight is 428 g/mol. The lowest BCUT2D eigenvalue weighted by atomic mass is 9.87. The molecule has 1 fully saturated rings. The molecule has 160 valence electrons. The second-order valence-corrected chi connectivity index (χ2v) is 8.99. The fraction of sp³-hybridized carbons (Fsp3) is 0.480. The summed E-state index contributed by atoms with van der Waals surface area (Å²) in [6, 6.07) is 12.0. The van der Waals surface area contributed by atoms with E-state index < -0.39 is 0 Å². The van der Waals surface area contributed by atoms with Crippen LogP contribution in [-0.2, 0) is 13.0 Å². The van der Waals surface area contributed by atoms with E-state index in [4.69, 9.17) is 21.1 Å². The summed E-state index contributed by atoms with van der Waals surface area (Å²) in [5.74, 6) is 2.43. The van der Waals surface area contributed by atoms with Crippen molar-refractivity contribution in [2.24, 2.45) is 11.8 Å². The third kappa shape index (κ3) is 4.65. The molecule has 0 amide bonds. The molecule has 1 atom stereocenters. The molecule has 0 radical (unpaired) electrons. The second-order valence-electron chi connectivity index (χ2n) is 8.55. The average Bonchev–Trinajstić information content (AvgIpc) is 3.08. The fourth-order valence-corrected chi connectivity index (χ4v) is 4.97. The molecule has 1 aliphatic heterocycles. The summed E-state index contributed by atoms with van der Waals surface area (Å²) in [4.78, 5) is 15.4. The zero-order valence-electron chi connectivity index (χ0n) is 17.8. The maximum Gasteiger partial charge on any atom is 0.166 e. The van der Waals surface area contributed by atoms with Crippen LogP contribution in [0, 0.1) is 11.8 Å². The van der Waals surface area contributed by atoms with Gasteiger partial charge in [-0.3, -0.25) is 9.69 Å². The zero-order valence-corrected chi connectivity index (χ0v) is 18.6. The molecule has 4 rings (SSSR count). The number of rotatable bonds is 7. The molecule has 4 nitrogen and oxygen atoms in total. The van der Waals surface area contributed by atoms with Gasteiger partial charge in [0.15, 0.2) is 17.3 Å². The largest absolute Gasteiger partial charge is 0.493 e. The summed E-state index contributed by atoms with van der Waals surface area (Å²) >= 11 is 5.98. The van der Waals surface area contributed by atoms with Gasteiger partial charge in [-0.1, -0.05) is 23.7 Å². The Morgan fingerprint density at radius 2 is 1.67 bits per heavy atom. The molecular weight excluding hydrogens is 398 g/mol. The maximum atomic E-state index is 12.9. The van der Waals surface area contributed by atoms with Crippen LogP contribution < -0.4 is 9.47 Å². The van der Waals surface area contributed by atoms with E-state index in [0.29, 0.717) is 17.4 Å². The van der Waals surface area contributed by atoms with Crippen molar-refractivity contribution >= 4 is 17.4 Å². The Hall–Kier alpha value is -2.04. The van der Waals surface area contributed by atoms with Crippen molar-refractivity contribution in [3.63, 3.8) is 0 Å². The van der Waals surface area contributed by atoms with Crippen LogP contribution >= 0.6 is 11.6 Å². The minimum atomic E-state index is 0.101. The summed E-state index contributed by atoms with van der Waals surface area (Å²) in [5.41, 5.74) is 3.23. The molecule has 2 aliphatic rings. The second kappa shape index (κ2) is 9.40. The standard InChI is InChI=1S/C25H30ClNO3/c1-29-23-14-20-13-19(25(28)22(20)15-24(23)30-2)6-3-17-9-11-27(12-10-17)16-18-4-7-21(26)8-5-18/h4-5,7-8,14-15,17,19H,3,6,9-13,16H2,1-2H3. The monoisotopic (exact) mass is 427 g/mol. The number of likely N-dealkylation sites (tertiary alicyclic amines) is 1. The van der Waals surface area contributed by atoms with Gasteiger partial charge in [-0.2, -0.15) is 0 Å². The van der Waals surface area contributed by atoms with Gasteiger partial charge in [0, 0.05) is 23.0 Å². The van der Waals surface area contributed by atoms with Gasteiger partial charge in [-0.15, -0.1) is 0 Å². The first-order chi connectivity index (χ1) is 14.6. The number of fused-ring (bicyclic) bond motifs is 1. The van der Waals surface area contributed by atoms with E-state index in [1.165, 1.54) is 18.4 Å². The van der Waals surface area contributed by atoms with Crippen LogP contribution in [0.5, 0.6) is 11.5 Å². The fourth-order valence-electron chi connectivity index (χ4n) is 4.85. The molecular formula is C25H30ClNO3. The van der Waals surface area contributed by atoms with Crippen LogP contribution in [-0.4, -0.2) is 38.0 Å². The molecule has 0 aromatic heterocycles. The van der Waals surface area contributed by atoms with Crippen molar-refractivity contribution in [3.8, 4) is 11.5 Å². The van der Waals surface area contributed by atoms with E-state index in [2.05, 4.69) is 17.0 Å². The predicted octanol–water partition coefficient (Wildman–Crippen LogP) is 5.40. The number of carbonyl (C=O) groups excluding carboxylic acids is 1. The number of nitrogens with zero attached hydrogens (tertiary/aromatic N) is 1. The number of benzene rings is 2. The third-order valence-corrected chi connectivity index (χ3v) is 6.91. The molecule has 30 heavy (non-hydrogen) atoms. The van der Waals surface area contributed by atoms with Crippen molar-refractivity contribution in [3.05, 3.63) is 58.1 Å². The summed E-state index contributed by atoms with van der Waals surface area (Å²) in [6.07, 6.45) is 5.35. The number of ketones is 1. The van der Waals surface area contributed by atoms with Crippen molar-refractivity contribution < 1.29 is 14.3 Å². The number of halogens is 1. The number of carbonyl (C=O) groups is 1. The van der Waals surface area contributed by atoms with Gasteiger partial charge in [-0.25, -0.2) is 0 Å². The summed E-state index contributed by atoms with van der Waals surface area (Å²) in [6.45, 7) is 3.24. The number of ether oxygens (including phenoxy) is 2. The SMILES string of the molecule is COc1cc2c(cc1OC)C(=O)C(CCC1CCN(Cc3ccc(Cl)cc3)CC1)C2. The maximum absolute atomic E-state index is 12.9. The minimum Gasteiger partial charge on any atom is -0.493 e. The van der Waals surface area contributed by atoms with Gasteiger partial charge in [0.05, 0.1) is 14.2 Å². The van der Waals surface area contributed by atoms with Gasteiger partial charge in [-0.05, 0) is 86.5 Å². The summed E-state index contributed by atoms with van der Waals surface area (Å²) < 4.78 is 10.8. The molecule has 1 heterocycles. The Morgan fingerprint density at radius 1 is 1.00 bits per heavy atom. The Morgan fingerprint density at radius 3 is 2.33 bits per heavy atom. The topological polar surface area (TPSA) is 38.8 Å². The number of hydrogen-bond donors (Lipinski definition) is 0. The highest BCUT2D eigenvalue weighted by molar-refractivity contribution is 6.30. The number of piperidine rings is 1. The highest BCUT2D eigenvalue weighted by Gasteiger charge is 2.32. The van der Waals surface area contributed by atoms with Crippen LogP contribution in [0.25, 0.3) is 0 Å². The van der Waals surface area contributed by atoms with Gasteiger partial charge in [0.25, 0.3) is 0 Å². The number of hydrogen-bond acceptors (Lipinski definition) is 4. The smallest absolute Gasteiger partial charge is 0.166 e. The lowest BCUT2D eigenvalue weighted by Crippen LogP contribution is -2.33. The Kier molecular flexibility index (Phi) is 6.64. The van der Waals surface area contributed by atoms with E-state index in [0.717, 1.165) is 55.0 Å². The lowest BCUT2D eigenvalue weighted by Gasteiger charge is -2.32. The molecule has 1 aliphatic carbocycles. The van der Waals surface area contributed by atoms with Crippen molar-refractivity contribution in [2.45, 2.75) is 38.6 Å². The van der Waals surface area contributed by atoms with Crippen molar-refractivity contribution in [1.29, 1.82) is 0 Å². The summed E-state index contributed by atoms with van der Waals surface area (Å²) in [5, 5.41) is 0.790. The van der Waals surface area contributed by atoms with Crippen LogP contribution in [0.2, 0.25) is 5.02 Å². The molecule has 0 bridgehead atoms. The first-order valence-electron chi connectivity index (χ1n) is 10.8. The van der Waals surface area contributed by atoms with Crippen LogP contribution in [0.3, 0.4) is 0 Å². The molecule has 5 heteroatoms. The Bertz CT molecular complexity index is 888. The number of Topliss-reactive ketones (excluding diaryl/α,β-unsaturated/α-hetero) is 1. The van der Waals surface area contributed by atoms with E-state index in [1.54, 1.807) is 14.2 Å². The molecule has 1 unspecified atom stereocenters. The van der Waals surface area contributed by atoms with Gasteiger partial charge in [0.1, 0.15) is 0 Å². The quantitative estimate of drug-likeness (QED) is 0.592. The van der Waals surface area contributed by atoms with E-state index in [9.17, 15) is 4.79 Å². The van der Waals surface area contributed by atoms with Crippen LogP contribution in [0.1, 0.15) is 47.2 Å². The van der Waals surface area contributed by atoms with Crippen molar-refractivity contribution in [2.75, 3.05) is 27.3 Å². The van der Waals surface area contributed by atoms with E-state index in [1.807, 2.05) is 24.3 Å². The lowest BCUT2D eigenvalue weighted by molar-refractivity contribution is 0.0919. The highest BCUT2D eigenvalue weighted by atomic mass is 35.5. The number of methoxy groups -OCH3 is 2. The Labute approximate surface area is 184 Å². The normalized spacial score (nSPS) is 19.7. The summed E-state index contributed by atoms with van der Waals surface area (Å²) in [7, 11) is 3.25. The highest BCUT2D eigenvalue weighted by Crippen LogP contribution is 2.38. The molecule has 2 aromatic rings. The first kappa shape index (κ1) is 21.2. The van der Waals surface area contributed by atoms with Gasteiger partial charge >= 0.3 is 0 Å². The predicted molar refractivity (Wildman–Crippen MR) is 120 cm³/mol. The van der Waals surface area contributed by atoms with Gasteiger partial charge in [0.2, 0.25) is 0 Å². The molecule has 1 saturated heterocycles. The van der Waals surface area contributed by atoms with Crippen LogP contribution in [0.4, 0.5) is 0 Å². The minimum absolute atomic E-state index is 0.101. The zero-order chi connectivity index (χ0) is 21.1. The van der Waals surface area contributed by atoms with Crippen LogP contribution in [0.15, 0.2) is 36.4 Å². The van der Waals surface area contributed by atoms with E-state index >= 15 is 0 Å². The molecule has 2 aromatic carbocycles. The van der Waals surface area contributed by atoms with Gasteiger partial charge < -0.3 is 9.47 Å². The Balaban J connectivity index is 1.26. The third-order valence-electron chi connectivity index (χ3n) is 6.66. The van der Waals surface area contributed by atoms with Crippen molar-refractivity contribution in [1.82, 2.24) is 4.90 Å². The molecule has 0 spiro atoms. The molecule has 0 saturated carbocycles. The first-order valence-corrected chi connectivity index (χ1v) is 11.2. The molecule has 0 N–H and O–H groups in total. The van der Waals surface area contributed by atoms with E-state index in [-0.39, 0.29) is 11.7 Å².